The second kappa shape index (κ2) is 4.49. The SMILES string of the molecule is CC(C)=CCOc1cccnn1. The minimum atomic E-state index is 0.557. The zero-order valence-electron chi connectivity index (χ0n) is 7.32. The van der Waals surface area contributed by atoms with E-state index in [-0.39, 0.29) is 0 Å². The smallest absolute Gasteiger partial charge is 0.233 e. The van der Waals surface area contributed by atoms with Gasteiger partial charge in [-0.2, -0.15) is 5.10 Å². The molecule has 0 aliphatic heterocycles. The van der Waals surface area contributed by atoms with Gasteiger partial charge in [0.1, 0.15) is 6.61 Å². The number of rotatable bonds is 3. The normalized spacial score (nSPS) is 9.17. The summed E-state index contributed by atoms with van der Waals surface area (Å²) in [7, 11) is 0. The van der Waals surface area contributed by atoms with Gasteiger partial charge in [-0.1, -0.05) is 5.57 Å². The van der Waals surface area contributed by atoms with Gasteiger partial charge in [-0.05, 0) is 26.0 Å². The van der Waals surface area contributed by atoms with E-state index >= 15 is 0 Å². The van der Waals surface area contributed by atoms with Crippen LogP contribution in [0.15, 0.2) is 30.0 Å². The Morgan fingerprint density at radius 3 is 3.00 bits per heavy atom. The summed E-state index contributed by atoms with van der Waals surface area (Å²) < 4.78 is 5.27. The molecule has 0 saturated carbocycles. The summed E-state index contributed by atoms with van der Waals surface area (Å²) in [5, 5.41) is 7.46. The van der Waals surface area contributed by atoms with E-state index in [2.05, 4.69) is 10.2 Å². The Bertz CT molecular complexity index is 252. The number of hydrogen-bond acceptors (Lipinski definition) is 3. The summed E-state index contributed by atoms with van der Waals surface area (Å²) in [4.78, 5) is 0. The molecule has 0 radical (unpaired) electrons. The molecule has 0 unspecified atom stereocenters. The molecule has 12 heavy (non-hydrogen) atoms. The fraction of sp³-hybridized carbons (Fsp3) is 0.333. The van der Waals surface area contributed by atoms with E-state index < -0.39 is 0 Å². The highest BCUT2D eigenvalue weighted by Gasteiger charge is 1.89. The van der Waals surface area contributed by atoms with Crippen molar-refractivity contribution in [1.82, 2.24) is 10.2 Å². The van der Waals surface area contributed by atoms with Gasteiger partial charge in [0, 0.05) is 12.3 Å². The van der Waals surface area contributed by atoms with Crippen molar-refractivity contribution in [2.24, 2.45) is 0 Å². The lowest BCUT2D eigenvalue weighted by atomic mass is 10.3. The van der Waals surface area contributed by atoms with E-state index in [4.69, 9.17) is 4.74 Å². The summed E-state index contributed by atoms with van der Waals surface area (Å²) in [6.45, 7) is 4.61. The Hall–Kier alpha value is -1.38. The molecule has 0 spiro atoms. The van der Waals surface area contributed by atoms with Crippen LogP contribution >= 0.6 is 0 Å². The van der Waals surface area contributed by atoms with Crippen molar-refractivity contribution in [1.29, 1.82) is 0 Å². The van der Waals surface area contributed by atoms with Crippen molar-refractivity contribution in [3.05, 3.63) is 30.0 Å². The van der Waals surface area contributed by atoms with Crippen LogP contribution in [0.4, 0.5) is 0 Å². The monoisotopic (exact) mass is 164 g/mol. The second-order valence-corrected chi connectivity index (χ2v) is 2.65. The highest BCUT2D eigenvalue weighted by molar-refractivity contribution is 5.06. The lowest BCUT2D eigenvalue weighted by Gasteiger charge is -1.99. The molecule has 0 fully saturated rings. The third-order valence-electron chi connectivity index (χ3n) is 1.27. The van der Waals surface area contributed by atoms with Crippen molar-refractivity contribution < 1.29 is 4.74 Å². The average Bonchev–Trinajstić information content (AvgIpc) is 2.05. The average molecular weight is 164 g/mol. The van der Waals surface area contributed by atoms with E-state index in [1.54, 1.807) is 18.3 Å². The first-order valence-corrected chi connectivity index (χ1v) is 3.83. The highest BCUT2D eigenvalue weighted by Crippen LogP contribution is 2.01. The number of nitrogens with zero attached hydrogens (tertiary/aromatic N) is 2. The largest absolute Gasteiger partial charge is 0.472 e. The standard InChI is InChI=1S/C9H12N2O/c1-8(2)5-7-12-9-4-3-6-10-11-9/h3-6H,7H2,1-2H3. The van der Waals surface area contributed by atoms with Crippen LogP contribution in [0, 0.1) is 0 Å². The van der Waals surface area contributed by atoms with E-state index in [1.165, 1.54) is 5.57 Å². The first-order valence-electron chi connectivity index (χ1n) is 3.83. The van der Waals surface area contributed by atoms with E-state index in [1.807, 2.05) is 19.9 Å². The molecule has 0 aliphatic carbocycles. The van der Waals surface area contributed by atoms with Crippen molar-refractivity contribution in [3.8, 4) is 5.88 Å². The number of aromatic nitrogens is 2. The molecule has 0 bridgehead atoms. The van der Waals surface area contributed by atoms with Gasteiger partial charge >= 0.3 is 0 Å². The maximum atomic E-state index is 5.27. The minimum absolute atomic E-state index is 0.557. The lowest BCUT2D eigenvalue weighted by molar-refractivity contribution is 0.343. The lowest BCUT2D eigenvalue weighted by Crippen LogP contribution is -1.96. The fourth-order valence-corrected chi connectivity index (χ4v) is 0.658. The van der Waals surface area contributed by atoms with Crippen LogP contribution in [0.5, 0.6) is 5.88 Å². The Labute approximate surface area is 72.1 Å². The molecule has 0 saturated heterocycles. The molecular formula is C9H12N2O. The van der Waals surface area contributed by atoms with Crippen LogP contribution in [0.1, 0.15) is 13.8 Å². The van der Waals surface area contributed by atoms with Gasteiger partial charge in [-0.25, -0.2) is 0 Å². The molecule has 1 heterocycles. The summed E-state index contributed by atoms with van der Waals surface area (Å²) in [6.07, 6.45) is 3.61. The van der Waals surface area contributed by atoms with E-state index in [9.17, 15) is 0 Å². The Kier molecular flexibility index (Phi) is 3.26. The maximum Gasteiger partial charge on any atom is 0.233 e. The molecule has 0 atom stereocenters. The van der Waals surface area contributed by atoms with Gasteiger partial charge in [0.15, 0.2) is 0 Å². The van der Waals surface area contributed by atoms with Crippen LogP contribution in [-0.2, 0) is 0 Å². The van der Waals surface area contributed by atoms with Gasteiger partial charge in [0.25, 0.3) is 0 Å². The molecule has 1 aromatic heterocycles. The second-order valence-electron chi connectivity index (χ2n) is 2.65. The van der Waals surface area contributed by atoms with Crippen LogP contribution < -0.4 is 4.74 Å². The number of hydrogen-bond donors (Lipinski definition) is 0. The zero-order chi connectivity index (χ0) is 8.81. The van der Waals surface area contributed by atoms with E-state index in [0.29, 0.717) is 12.5 Å². The van der Waals surface area contributed by atoms with Gasteiger partial charge < -0.3 is 4.74 Å². The predicted molar refractivity (Wildman–Crippen MR) is 47.0 cm³/mol. The Morgan fingerprint density at radius 1 is 1.58 bits per heavy atom. The Morgan fingerprint density at radius 2 is 2.42 bits per heavy atom. The molecular weight excluding hydrogens is 152 g/mol. The van der Waals surface area contributed by atoms with Crippen LogP contribution in [0.25, 0.3) is 0 Å². The molecule has 3 heteroatoms. The number of allylic oxidation sites excluding steroid dienone is 1. The molecule has 1 aromatic rings. The summed E-state index contributed by atoms with van der Waals surface area (Å²) in [6, 6.07) is 3.58. The maximum absolute atomic E-state index is 5.27. The topological polar surface area (TPSA) is 35.0 Å². The van der Waals surface area contributed by atoms with Crippen molar-refractivity contribution in [2.75, 3.05) is 6.61 Å². The Balaban J connectivity index is 2.39. The quantitative estimate of drug-likeness (QED) is 0.639. The minimum Gasteiger partial charge on any atom is -0.472 e. The molecule has 0 aliphatic rings. The molecule has 0 aromatic carbocycles. The first kappa shape index (κ1) is 8.71. The van der Waals surface area contributed by atoms with Crippen molar-refractivity contribution in [3.63, 3.8) is 0 Å². The summed E-state index contributed by atoms with van der Waals surface area (Å²) in [5.74, 6) is 0.565. The van der Waals surface area contributed by atoms with Gasteiger partial charge in [0.05, 0.1) is 0 Å². The molecule has 0 N–H and O–H groups in total. The van der Waals surface area contributed by atoms with Gasteiger partial charge in [-0.3, -0.25) is 0 Å². The van der Waals surface area contributed by atoms with E-state index in [0.717, 1.165) is 0 Å². The van der Waals surface area contributed by atoms with Crippen molar-refractivity contribution in [2.45, 2.75) is 13.8 Å². The third-order valence-corrected chi connectivity index (χ3v) is 1.27. The van der Waals surface area contributed by atoms with Crippen LogP contribution in [0.3, 0.4) is 0 Å². The molecule has 1 rings (SSSR count). The summed E-state index contributed by atoms with van der Waals surface area (Å²) in [5.41, 5.74) is 1.24. The third kappa shape index (κ3) is 3.14. The van der Waals surface area contributed by atoms with Crippen LogP contribution in [0.2, 0.25) is 0 Å². The fourth-order valence-electron chi connectivity index (χ4n) is 0.658. The van der Waals surface area contributed by atoms with Crippen LogP contribution in [-0.4, -0.2) is 16.8 Å². The van der Waals surface area contributed by atoms with Gasteiger partial charge in [0.2, 0.25) is 5.88 Å². The highest BCUT2D eigenvalue weighted by atomic mass is 16.5. The summed E-state index contributed by atoms with van der Waals surface area (Å²) >= 11 is 0. The first-order chi connectivity index (χ1) is 5.79. The van der Waals surface area contributed by atoms with Crippen molar-refractivity contribution >= 4 is 0 Å². The van der Waals surface area contributed by atoms with Gasteiger partial charge in [-0.15, -0.1) is 5.10 Å². The zero-order valence-corrected chi connectivity index (χ0v) is 7.32. The molecule has 0 amide bonds. The molecule has 3 nitrogen and oxygen atoms in total. The number of ether oxygens (including phenoxy) is 1. The predicted octanol–water partition coefficient (Wildman–Crippen LogP) is 1.82. The molecule has 64 valence electrons.